The van der Waals surface area contributed by atoms with Crippen molar-refractivity contribution >= 4 is 27.9 Å². The summed E-state index contributed by atoms with van der Waals surface area (Å²) in [5, 5.41) is 0.699. The van der Waals surface area contributed by atoms with Crippen LogP contribution in [-0.4, -0.2) is 24.2 Å². The Bertz CT molecular complexity index is 353. The molecule has 1 atom stereocenters. The number of aryl methyl sites for hydroxylation is 1. The Morgan fingerprint density at radius 1 is 1.47 bits per heavy atom. The number of hydrogen-bond donors (Lipinski definition) is 0. The Morgan fingerprint density at radius 2 is 2.27 bits per heavy atom. The standard InChI is InChI=1S/C12H14BrNO/c13-8-11(9-15)14-7-3-5-10-4-1-2-6-12(10)14/h1-2,4,6,9,11H,3,5,7-8H2. The molecule has 0 N–H and O–H groups in total. The fourth-order valence-electron chi connectivity index (χ4n) is 2.10. The van der Waals surface area contributed by atoms with Crippen LogP contribution in [0.4, 0.5) is 5.69 Å². The molecule has 0 aromatic heterocycles. The Hall–Kier alpha value is -0.830. The zero-order chi connectivity index (χ0) is 10.7. The summed E-state index contributed by atoms with van der Waals surface area (Å²) < 4.78 is 0. The number of aldehydes is 1. The van der Waals surface area contributed by atoms with Gasteiger partial charge in [-0.3, -0.25) is 0 Å². The maximum atomic E-state index is 11.0. The van der Waals surface area contributed by atoms with Crippen molar-refractivity contribution in [2.75, 3.05) is 16.8 Å². The summed E-state index contributed by atoms with van der Waals surface area (Å²) in [5.41, 5.74) is 2.58. The molecule has 2 rings (SSSR count). The van der Waals surface area contributed by atoms with Crippen molar-refractivity contribution in [3.05, 3.63) is 29.8 Å². The topological polar surface area (TPSA) is 20.3 Å². The van der Waals surface area contributed by atoms with E-state index < -0.39 is 0 Å². The van der Waals surface area contributed by atoms with Crippen molar-refractivity contribution in [3.8, 4) is 0 Å². The van der Waals surface area contributed by atoms with E-state index in [1.807, 2.05) is 6.07 Å². The highest BCUT2D eigenvalue weighted by atomic mass is 79.9. The molecule has 1 unspecified atom stereocenters. The van der Waals surface area contributed by atoms with E-state index in [1.165, 1.54) is 11.3 Å². The molecule has 1 aliphatic heterocycles. The predicted octanol–water partition coefficient (Wildman–Crippen LogP) is 2.40. The lowest BCUT2D eigenvalue weighted by Gasteiger charge is -2.34. The van der Waals surface area contributed by atoms with Crippen LogP contribution in [0.15, 0.2) is 24.3 Å². The van der Waals surface area contributed by atoms with Crippen LogP contribution in [0.25, 0.3) is 0 Å². The van der Waals surface area contributed by atoms with Crippen LogP contribution in [0, 0.1) is 0 Å². The molecular formula is C12H14BrNO. The van der Waals surface area contributed by atoms with E-state index in [1.54, 1.807) is 0 Å². The summed E-state index contributed by atoms with van der Waals surface area (Å²) in [4.78, 5) is 13.2. The number of hydrogen-bond acceptors (Lipinski definition) is 2. The van der Waals surface area contributed by atoms with Crippen molar-refractivity contribution in [1.82, 2.24) is 0 Å². The van der Waals surface area contributed by atoms with Gasteiger partial charge in [0.25, 0.3) is 0 Å². The lowest BCUT2D eigenvalue weighted by molar-refractivity contribution is -0.108. The molecule has 0 amide bonds. The number of fused-ring (bicyclic) bond motifs is 1. The molecule has 0 spiro atoms. The lowest BCUT2D eigenvalue weighted by atomic mass is 10.0. The Balaban J connectivity index is 2.32. The fourth-order valence-corrected chi connectivity index (χ4v) is 2.60. The molecule has 0 saturated heterocycles. The van der Waals surface area contributed by atoms with E-state index >= 15 is 0 Å². The normalized spacial score (nSPS) is 17.0. The molecule has 1 aliphatic rings. The second kappa shape index (κ2) is 4.79. The molecule has 0 aliphatic carbocycles. The predicted molar refractivity (Wildman–Crippen MR) is 65.8 cm³/mol. The van der Waals surface area contributed by atoms with E-state index in [0.29, 0.717) is 5.33 Å². The zero-order valence-corrected chi connectivity index (χ0v) is 10.1. The van der Waals surface area contributed by atoms with Crippen molar-refractivity contribution in [3.63, 3.8) is 0 Å². The van der Waals surface area contributed by atoms with Gasteiger partial charge in [-0.1, -0.05) is 34.1 Å². The minimum atomic E-state index is -0.0357. The molecule has 1 heterocycles. The van der Waals surface area contributed by atoms with Gasteiger partial charge in [-0.25, -0.2) is 0 Å². The van der Waals surface area contributed by atoms with Crippen molar-refractivity contribution in [2.45, 2.75) is 18.9 Å². The lowest BCUT2D eigenvalue weighted by Crippen LogP contribution is -2.41. The number of rotatable bonds is 3. The van der Waals surface area contributed by atoms with Gasteiger partial charge in [0.05, 0.1) is 6.04 Å². The third kappa shape index (κ3) is 2.07. The van der Waals surface area contributed by atoms with Gasteiger partial charge in [-0.05, 0) is 24.5 Å². The largest absolute Gasteiger partial charge is 0.361 e. The van der Waals surface area contributed by atoms with Gasteiger partial charge in [0.1, 0.15) is 6.29 Å². The van der Waals surface area contributed by atoms with Crippen LogP contribution < -0.4 is 4.90 Å². The molecule has 0 saturated carbocycles. The number of alkyl halides is 1. The minimum Gasteiger partial charge on any atom is -0.361 e. The van der Waals surface area contributed by atoms with Crippen molar-refractivity contribution in [1.29, 1.82) is 0 Å². The molecule has 0 fully saturated rings. The number of benzene rings is 1. The fraction of sp³-hybridized carbons (Fsp3) is 0.417. The molecule has 80 valence electrons. The Kier molecular flexibility index (Phi) is 3.41. The highest BCUT2D eigenvalue weighted by Gasteiger charge is 2.22. The maximum absolute atomic E-state index is 11.0. The van der Waals surface area contributed by atoms with Gasteiger partial charge < -0.3 is 9.69 Å². The van der Waals surface area contributed by atoms with Gasteiger partial charge >= 0.3 is 0 Å². The number of carbonyl (C=O) groups is 1. The average Bonchev–Trinajstić information content (AvgIpc) is 2.31. The quantitative estimate of drug-likeness (QED) is 0.619. The first-order chi connectivity index (χ1) is 7.36. The van der Waals surface area contributed by atoms with Gasteiger partial charge in [-0.15, -0.1) is 0 Å². The van der Waals surface area contributed by atoms with Gasteiger partial charge in [0.15, 0.2) is 0 Å². The first kappa shape index (κ1) is 10.7. The highest BCUT2D eigenvalue weighted by molar-refractivity contribution is 9.09. The van der Waals surface area contributed by atoms with Crippen molar-refractivity contribution in [2.24, 2.45) is 0 Å². The SMILES string of the molecule is O=CC(CBr)N1CCCc2ccccc21. The van der Waals surface area contributed by atoms with E-state index in [0.717, 1.165) is 25.7 Å². The van der Waals surface area contributed by atoms with E-state index in [4.69, 9.17) is 0 Å². The summed E-state index contributed by atoms with van der Waals surface area (Å²) in [5.74, 6) is 0. The molecule has 0 radical (unpaired) electrons. The molecule has 15 heavy (non-hydrogen) atoms. The summed E-state index contributed by atoms with van der Waals surface area (Å²) in [7, 11) is 0. The molecular weight excluding hydrogens is 254 g/mol. The number of para-hydroxylation sites is 1. The van der Waals surface area contributed by atoms with Crippen LogP contribution in [0.3, 0.4) is 0 Å². The third-order valence-electron chi connectivity index (χ3n) is 2.86. The average molecular weight is 268 g/mol. The van der Waals surface area contributed by atoms with Crippen LogP contribution in [0.5, 0.6) is 0 Å². The molecule has 1 aromatic rings. The van der Waals surface area contributed by atoms with Crippen molar-refractivity contribution < 1.29 is 4.79 Å². The summed E-state index contributed by atoms with van der Waals surface area (Å²) in [6.45, 7) is 0.978. The third-order valence-corrected chi connectivity index (χ3v) is 3.53. The number of anilines is 1. The van der Waals surface area contributed by atoms with Gasteiger partial charge in [0, 0.05) is 17.6 Å². The highest BCUT2D eigenvalue weighted by Crippen LogP contribution is 2.28. The van der Waals surface area contributed by atoms with Crippen LogP contribution >= 0.6 is 15.9 Å². The molecule has 0 bridgehead atoms. The van der Waals surface area contributed by atoms with E-state index in [2.05, 4.69) is 39.0 Å². The zero-order valence-electron chi connectivity index (χ0n) is 8.53. The summed E-state index contributed by atoms with van der Waals surface area (Å²) >= 11 is 3.39. The first-order valence-electron chi connectivity index (χ1n) is 5.22. The molecule has 1 aromatic carbocycles. The number of halogens is 1. The van der Waals surface area contributed by atoms with E-state index in [9.17, 15) is 4.79 Å². The summed E-state index contributed by atoms with van der Waals surface area (Å²) in [6.07, 6.45) is 3.28. The second-order valence-electron chi connectivity index (χ2n) is 3.78. The molecule has 3 heteroatoms. The Labute approximate surface area is 98.4 Å². The molecule has 2 nitrogen and oxygen atoms in total. The van der Waals surface area contributed by atoms with Gasteiger partial charge in [-0.2, -0.15) is 0 Å². The summed E-state index contributed by atoms with van der Waals surface area (Å²) in [6, 6.07) is 8.32. The van der Waals surface area contributed by atoms with Crippen LogP contribution in [0.2, 0.25) is 0 Å². The van der Waals surface area contributed by atoms with Crippen LogP contribution in [0.1, 0.15) is 12.0 Å². The minimum absolute atomic E-state index is 0.0357. The number of carbonyl (C=O) groups excluding carboxylic acids is 1. The number of nitrogens with zero attached hydrogens (tertiary/aromatic N) is 1. The first-order valence-corrected chi connectivity index (χ1v) is 6.34. The maximum Gasteiger partial charge on any atom is 0.143 e. The monoisotopic (exact) mass is 267 g/mol. The van der Waals surface area contributed by atoms with E-state index in [-0.39, 0.29) is 6.04 Å². The van der Waals surface area contributed by atoms with Gasteiger partial charge in [0.2, 0.25) is 0 Å². The van der Waals surface area contributed by atoms with Crippen LogP contribution in [-0.2, 0) is 11.2 Å². The Morgan fingerprint density at radius 3 is 3.00 bits per heavy atom. The smallest absolute Gasteiger partial charge is 0.143 e. The second-order valence-corrected chi connectivity index (χ2v) is 4.43.